The molecule has 3 nitrogen and oxygen atoms in total. The third kappa shape index (κ3) is 2.79. The van der Waals surface area contributed by atoms with Crippen molar-refractivity contribution in [1.29, 1.82) is 0 Å². The average Bonchev–Trinajstić information content (AvgIpc) is 2.65. The van der Waals surface area contributed by atoms with Gasteiger partial charge in [-0.05, 0) is 18.6 Å². The van der Waals surface area contributed by atoms with Crippen molar-refractivity contribution in [2.75, 3.05) is 6.26 Å². The first-order valence-electron chi connectivity index (χ1n) is 5.06. The zero-order valence-corrected chi connectivity index (χ0v) is 9.57. The topological polar surface area (TPSA) is 51.8 Å². The van der Waals surface area contributed by atoms with Crippen LogP contribution in [0.15, 0.2) is 29.4 Å². The quantitative estimate of drug-likeness (QED) is 0.623. The van der Waals surface area contributed by atoms with E-state index in [9.17, 15) is 0 Å². The number of nitrogens with two attached hydrogens (primary N) is 1. The molecule has 0 fully saturated rings. The van der Waals surface area contributed by atoms with Crippen LogP contribution in [-0.4, -0.2) is 22.3 Å². The Hall–Kier alpha value is -0.870. The van der Waals surface area contributed by atoms with Gasteiger partial charge in [0.15, 0.2) is 0 Å². The monoisotopic (exact) mass is 221 g/mol. The second-order valence-corrected chi connectivity index (χ2v) is 4.67. The van der Waals surface area contributed by atoms with Gasteiger partial charge in [-0.1, -0.05) is 12.2 Å². The number of rotatable bonds is 3. The summed E-state index contributed by atoms with van der Waals surface area (Å²) in [5.74, 6) is 1.43. The molecule has 0 bridgehead atoms. The summed E-state index contributed by atoms with van der Waals surface area (Å²) in [5, 5.41) is 0. The summed E-state index contributed by atoms with van der Waals surface area (Å²) in [5.41, 5.74) is 5.79. The van der Waals surface area contributed by atoms with Crippen LogP contribution in [0.2, 0.25) is 0 Å². The van der Waals surface area contributed by atoms with Crippen LogP contribution in [0.3, 0.4) is 0 Å². The van der Waals surface area contributed by atoms with Crippen LogP contribution in [0.25, 0.3) is 0 Å². The van der Waals surface area contributed by atoms with Crippen LogP contribution in [0.5, 0.6) is 0 Å². The Morgan fingerprint density at radius 3 is 2.67 bits per heavy atom. The molecular weight excluding hydrogens is 206 g/mol. The molecule has 0 saturated heterocycles. The van der Waals surface area contributed by atoms with E-state index in [-0.39, 0.29) is 6.04 Å². The van der Waals surface area contributed by atoms with Gasteiger partial charge in [-0.2, -0.15) is 0 Å². The summed E-state index contributed by atoms with van der Waals surface area (Å²) in [4.78, 5) is 9.77. The predicted octanol–water partition coefficient (Wildman–Crippen LogP) is 1.64. The molecule has 1 aromatic heterocycles. The lowest BCUT2D eigenvalue weighted by Gasteiger charge is -2.07. The molecule has 1 heterocycles. The smallest absolute Gasteiger partial charge is 0.128 e. The molecule has 2 N–H and O–H groups in total. The van der Waals surface area contributed by atoms with E-state index in [1.807, 2.05) is 18.6 Å². The van der Waals surface area contributed by atoms with Gasteiger partial charge in [0.25, 0.3) is 0 Å². The summed E-state index contributed by atoms with van der Waals surface area (Å²) in [7, 11) is 0. The van der Waals surface area contributed by atoms with Gasteiger partial charge in [-0.25, -0.2) is 9.97 Å². The van der Waals surface area contributed by atoms with E-state index in [0.29, 0.717) is 5.92 Å². The van der Waals surface area contributed by atoms with E-state index in [0.717, 1.165) is 23.6 Å². The van der Waals surface area contributed by atoms with Crippen LogP contribution >= 0.6 is 11.8 Å². The van der Waals surface area contributed by atoms with Crippen molar-refractivity contribution < 1.29 is 0 Å². The molecule has 1 aliphatic carbocycles. The molecule has 4 heteroatoms. The molecule has 0 unspecified atom stereocenters. The van der Waals surface area contributed by atoms with Gasteiger partial charge < -0.3 is 5.73 Å². The molecule has 2 atom stereocenters. The zero-order chi connectivity index (χ0) is 10.7. The molecule has 0 radical (unpaired) electrons. The highest BCUT2D eigenvalue weighted by Crippen LogP contribution is 2.20. The first-order valence-corrected chi connectivity index (χ1v) is 6.29. The van der Waals surface area contributed by atoms with Gasteiger partial charge in [0.2, 0.25) is 0 Å². The Morgan fingerprint density at radius 1 is 1.40 bits per heavy atom. The second-order valence-electron chi connectivity index (χ2n) is 3.79. The van der Waals surface area contributed by atoms with Crippen molar-refractivity contribution in [3.8, 4) is 0 Å². The Bertz CT molecular complexity index is 347. The fraction of sp³-hybridized carbons (Fsp3) is 0.455. The first-order chi connectivity index (χ1) is 7.28. The SMILES string of the molecule is CSc1cnc(C[C@H]2C=C[C@H](N)C2)nc1. The number of hydrogen-bond acceptors (Lipinski definition) is 4. The van der Waals surface area contributed by atoms with E-state index >= 15 is 0 Å². The van der Waals surface area contributed by atoms with Crippen molar-refractivity contribution in [2.24, 2.45) is 11.7 Å². The Kier molecular flexibility index (Phi) is 3.38. The number of thioether (sulfide) groups is 1. The van der Waals surface area contributed by atoms with Crippen molar-refractivity contribution in [1.82, 2.24) is 9.97 Å². The number of nitrogens with zero attached hydrogens (tertiary/aromatic N) is 2. The van der Waals surface area contributed by atoms with E-state index in [4.69, 9.17) is 5.73 Å². The minimum atomic E-state index is 0.223. The van der Waals surface area contributed by atoms with Crippen molar-refractivity contribution >= 4 is 11.8 Å². The van der Waals surface area contributed by atoms with Crippen LogP contribution in [-0.2, 0) is 6.42 Å². The van der Waals surface area contributed by atoms with E-state index in [1.54, 1.807) is 11.8 Å². The maximum atomic E-state index is 5.79. The molecule has 0 saturated carbocycles. The Labute approximate surface area is 94.2 Å². The zero-order valence-electron chi connectivity index (χ0n) is 8.76. The van der Waals surface area contributed by atoms with Gasteiger partial charge in [0.1, 0.15) is 5.82 Å². The average molecular weight is 221 g/mol. The number of aromatic nitrogens is 2. The van der Waals surface area contributed by atoms with Crippen LogP contribution in [0, 0.1) is 5.92 Å². The van der Waals surface area contributed by atoms with Crippen LogP contribution in [0.4, 0.5) is 0 Å². The largest absolute Gasteiger partial charge is 0.324 e. The predicted molar refractivity (Wildman–Crippen MR) is 62.7 cm³/mol. The lowest BCUT2D eigenvalue weighted by molar-refractivity contribution is 0.572. The summed E-state index contributed by atoms with van der Waals surface area (Å²) < 4.78 is 0. The van der Waals surface area contributed by atoms with Gasteiger partial charge in [-0.15, -0.1) is 11.8 Å². The molecular formula is C11H15N3S. The van der Waals surface area contributed by atoms with Gasteiger partial charge in [-0.3, -0.25) is 0 Å². The summed E-state index contributed by atoms with van der Waals surface area (Å²) >= 11 is 1.66. The molecule has 0 amide bonds. The minimum absolute atomic E-state index is 0.223. The highest BCUT2D eigenvalue weighted by atomic mass is 32.2. The highest BCUT2D eigenvalue weighted by Gasteiger charge is 2.16. The van der Waals surface area contributed by atoms with E-state index < -0.39 is 0 Å². The molecule has 15 heavy (non-hydrogen) atoms. The molecule has 1 aromatic rings. The molecule has 80 valence electrons. The minimum Gasteiger partial charge on any atom is -0.324 e. The summed E-state index contributed by atoms with van der Waals surface area (Å²) in [6, 6.07) is 0.223. The van der Waals surface area contributed by atoms with Gasteiger partial charge in [0, 0.05) is 29.8 Å². The van der Waals surface area contributed by atoms with Crippen molar-refractivity contribution in [2.45, 2.75) is 23.8 Å². The number of allylic oxidation sites excluding steroid dienone is 1. The Balaban J connectivity index is 1.96. The molecule has 0 spiro atoms. The normalized spacial score (nSPS) is 24.7. The molecule has 0 aliphatic heterocycles. The van der Waals surface area contributed by atoms with Gasteiger partial charge in [0.05, 0.1) is 0 Å². The molecule has 2 rings (SSSR count). The maximum absolute atomic E-state index is 5.79. The lowest BCUT2D eigenvalue weighted by Crippen LogP contribution is -2.16. The fourth-order valence-electron chi connectivity index (χ4n) is 1.75. The fourth-order valence-corrected chi connectivity index (χ4v) is 2.06. The summed E-state index contributed by atoms with van der Waals surface area (Å²) in [6.07, 6.45) is 12.0. The highest BCUT2D eigenvalue weighted by molar-refractivity contribution is 7.98. The number of hydrogen-bond donors (Lipinski definition) is 1. The van der Waals surface area contributed by atoms with Gasteiger partial charge >= 0.3 is 0 Å². The maximum Gasteiger partial charge on any atom is 0.128 e. The molecule has 1 aliphatic rings. The third-order valence-electron chi connectivity index (χ3n) is 2.57. The standard InChI is InChI=1S/C11H15N3S/c1-15-10-6-13-11(14-7-10)5-8-2-3-9(12)4-8/h2-3,6-9H,4-5,12H2,1H3/t8-,9-/m0/s1. The molecule has 0 aromatic carbocycles. The lowest BCUT2D eigenvalue weighted by atomic mass is 10.0. The van der Waals surface area contributed by atoms with Crippen LogP contribution in [0.1, 0.15) is 12.2 Å². The second kappa shape index (κ2) is 4.77. The summed E-state index contributed by atoms with van der Waals surface area (Å²) in [6.45, 7) is 0. The van der Waals surface area contributed by atoms with E-state index in [2.05, 4.69) is 22.1 Å². The third-order valence-corrected chi connectivity index (χ3v) is 3.25. The van der Waals surface area contributed by atoms with Crippen molar-refractivity contribution in [3.63, 3.8) is 0 Å². The Morgan fingerprint density at radius 2 is 2.13 bits per heavy atom. The van der Waals surface area contributed by atoms with Crippen LogP contribution < -0.4 is 5.73 Å². The first kappa shape index (κ1) is 10.6. The van der Waals surface area contributed by atoms with Crippen molar-refractivity contribution in [3.05, 3.63) is 30.4 Å². The van der Waals surface area contributed by atoms with E-state index in [1.165, 1.54) is 0 Å².